The second-order valence-electron chi connectivity index (χ2n) is 4.97. The summed E-state index contributed by atoms with van der Waals surface area (Å²) in [6.07, 6.45) is 1.77. The van der Waals surface area contributed by atoms with Crippen molar-refractivity contribution in [2.75, 3.05) is 13.7 Å². The van der Waals surface area contributed by atoms with Gasteiger partial charge in [-0.2, -0.15) is 0 Å². The molecule has 0 spiro atoms. The molecule has 1 aromatic carbocycles. The first-order valence-corrected chi connectivity index (χ1v) is 6.59. The number of aromatic carboxylic acids is 1. The Labute approximate surface area is 122 Å². The van der Waals surface area contributed by atoms with Gasteiger partial charge in [-0.05, 0) is 18.8 Å². The average Bonchev–Trinajstić information content (AvgIpc) is 2.42. The lowest BCUT2D eigenvalue weighted by molar-refractivity contribution is -0.385. The van der Waals surface area contributed by atoms with E-state index in [1.807, 2.05) is 0 Å². The van der Waals surface area contributed by atoms with Crippen molar-refractivity contribution in [3.8, 4) is 11.5 Å². The summed E-state index contributed by atoms with van der Waals surface area (Å²) in [5.41, 5.74) is -0.937. The smallest absolute Gasteiger partial charge is 0.342 e. The Balaban J connectivity index is 2.99. The molecule has 0 fully saturated rings. The van der Waals surface area contributed by atoms with Gasteiger partial charge in [-0.15, -0.1) is 0 Å². The molecule has 0 saturated heterocycles. The second kappa shape index (κ2) is 7.47. The first-order valence-electron chi connectivity index (χ1n) is 6.59. The van der Waals surface area contributed by atoms with Crippen molar-refractivity contribution in [2.45, 2.75) is 26.7 Å². The number of hydrogen-bond donors (Lipinski definition) is 1. The Kier molecular flexibility index (Phi) is 5.95. The molecule has 0 atom stereocenters. The molecule has 116 valence electrons. The Morgan fingerprint density at radius 2 is 2.05 bits per heavy atom. The molecule has 7 heteroatoms. The Bertz CT molecular complexity index is 526. The predicted molar refractivity (Wildman–Crippen MR) is 76.2 cm³/mol. The van der Waals surface area contributed by atoms with Crippen LogP contribution in [0.25, 0.3) is 0 Å². The van der Waals surface area contributed by atoms with Crippen LogP contribution in [-0.4, -0.2) is 29.7 Å². The van der Waals surface area contributed by atoms with E-state index in [1.165, 1.54) is 7.11 Å². The second-order valence-corrected chi connectivity index (χ2v) is 4.97. The summed E-state index contributed by atoms with van der Waals surface area (Å²) in [5.74, 6) is -0.494. The highest BCUT2D eigenvalue weighted by Gasteiger charge is 2.24. The van der Waals surface area contributed by atoms with Crippen LogP contribution >= 0.6 is 0 Å². The highest BCUT2D eigenvalue weighted by atomic mass is 16.6. The van der Waals surface area contributed by atoms with E-state index < -0.39 is 22.1 Å². The fourth-order valence-corrected chi connectivity index (χ4v) is 1.82. The van der Waals surface area contributed by atoms with Gasteiger partial charge in [0.05, 0.1) is 24.7 Å². The summed E-state index contributed by atoms with van der Waals surface area (Å²) >= 11 is 0. The zero-order chi connectivity index (χ0) is 16.0. The highest BCUT2D eigenvalue weighted by Crippen LogP contribution is 2.34. The molecular weight excluding hydrogens is 278 g/mol. The maximum Gasteiger partial charge on any atom is 0.342 e. The molecule has 1 rings (SSSR count). The highest BCUT2D eigenvalue weighted by molar-refractivity contribution is 5.93. The molecule has 0 aliphatic rings. The SMILES string of the molecule is COc1cc(C(=O)O)c([N+](=O)[O-])cc1OCCCC(C)C. The fraction of sp³-hybridized carbons (Fsp3) is 0.500. The largest absolute Gasteiger partial charge is 0.493 e. The van der Waals surface area contributed by atoms with Gasteiger partial charge in [-0.1, -0.05) is 13.8 Å². The van der Waals surface area contributed by atoms with Crippen LogP contribution in [0.5, 0.6) is 11.5 Å². The molecule has 0 aliphatic heterocycles. The van der Waals surface area contributed by atoms with E-state index in [2.05, 4.69) is 13.8 Å². The van der Waals surface area contributed by atoms with Gasteiger partial charge in [0.25, 0.3) is 5.69 Å². The fourth-order valence-electron chi connectivity index (χ4n) is 1.82. The number of methoxy groups -OCH3 is 1. The van der Waals surface area contributed by atoms with Crippen molar-refractivity contribution < 1.29 is 24.3 Å². The summed E-state index contributed by atoms with van der Waals surface area (Å²) in [7, 11) is 1.35. The Morgan fingerprint density at radius 3 is 2.52 bits per heavy atom. The van der Waals surface area contributed by atoms with E-state index in [-0.39, 0.29) is 11.5 Å². The minimum atomic E-state index is -1.38. The standard InChI is InChI=1S/C14H19NO6/c1-9(2)5-4-6-21-13-8-11(15(18)19)10(14(16)17)7-12(13)20-3/h7-9H,4-6H2,1-3H3,(H,16,17). The minimum Gasteiger partial charge on any atom is -0.493 e. The lowest BCUT2D eigenvalue weighted by atomic mass is 10.1. The van der Waals surface area contributed by atoms with E-state index in [0.717, 1.165) is 25.0 Å². The summed E-state index contributed by atoms with van der Waals surface area (Å²) in [5, 5.41) is 19.9. The van der Waals surface area contributed by atoms with Gasteiger partial charge < -0.3 is 14.6 Å². The normalized spacial score (nSPS) is 10.5. The van der Waals surface area contributed by atoms with E-state index in [1.54, 1.807) is 0 Å². The third-order valence-corrected chi connectivity index (χ3v) is 2.89. The molecule has 1 N–H and O–H groups in total. The van der Waals surface area contributed by atoms with Crippen LogP contribution in [0.15, 0.2) is 12.1 Å². The molecule has 0 saturated carbocycles. The van der Waals surface area contributed by atoms with Crippen molar-refractivity contribution in [3.63, 3.8) is 0 Å². The van der Waals surface area contributed by atoms with Crippen LogP contribution in [0, 0.1) is 16.0 Å². The molecule has 0 aromatic heterocycles. The molecule has 0 amide bonds. The van der Waals surface area contributed by atoms with E-state index in [0.29, 0.717) is 12.5 Å². The van der Waals surface area contributed by atoms with Gasteiger partial charge in [-0.25, -0.2) is 4.79 Å². The quantitative estimate of drug-likeness (QED) is 0.449. The number of ether oxygens (including phenoxy) is 2. The van der Waals surface area contributed by atoms with Crippen LogP contribution in [0.1, 0.15) is 37.0 Å². The Morgan fingerprint density at radius 1 is 1.38 bits per heavy atom. The Hall–Kier alpha value is -2.31. The van der Waals surface area contributed by atoms with Crippen LogP contribution in [0.2, 0.25) is 0 Å². The topological polar surface area (TPSA) is 98.9 Å². The van der Waals surface area contributed by atoms with Crippen molar-refractivity contribution in [3.05, 3.63) is 27.8 Å². The maximum atomic E-state index is 11.0. The number of nitrogens with zero attached hydrogens (tertiary/aromatic N) is 1. The number of carbonyl (C=O) groups is 1. The predicted octanol–water partition coefficient (Wildman–Crippen LogP) is 3.12. The summed E-state index contributed by atoms with van der Waals surface area (Å²) in [4.78, 5) is 21.2. The van der Waals surface area contributed by atoms with Crippen LogP contribution in [0.3, 0.4) is 0 Å². The van der Waals surface area contributed by atoms with Gasteiger partial charge in [0, 0.05) is 6.07 Å². The van der Waals surface area contributed by atoms with Gasteiger partial charge >= 0.3 is 5.97 Å². The number of carboxylic acids is 1. The van der Waals surface area contributed by atoms with Crippen molar-refractivity contribution in [1.82, 2.24) is 0 Å². The lowest BCUT2D eigenvalue weighted by Crippen LogP contribution is -2.06. The number of hydrogen-bond acceptors (Lipinski definition) is 5. The third kappa shape index (κ3) is 4.62. The number of carboxylic acid groups (broad SMARTS) is 1. The zero-order valence-corrected chi connectivity index (χ0v) is 12.3. The third-order valence-electron chi connectivity index (χ3n) is 2.89. The monoisotopic (exact) mass is 297 g/mol. The molecule has 0 heterocycles. The van der Waals surface area contributed by atoms with Gasteiger partial charge in [0.2, 0.25) is 0 Å². The minimum absolute atomic E-state index is 0.169. The van der Waals surface area contributed by atoms with Gasteiger partial charge in [0.1, 0.15) is 5.56 Å². The molecular formula is C14H19NO6. The lowest BCUT2D eigenvalue weighted by Gasteiger charge is -2.12. The molecule has 0 unspecified atom stereocenters. The maximum absolute atomic E-state index is 11.0. The van der Waals surface area contributed by atoms with Crippen LogP contribution in [-0.2, 0) is 0 Å². The number of nitro groups is 1. The summed E-state index contributed by atoms with van der Waals surface area (Å²) < 4.78 is 10.5. The number of rotatable bonds is 8. The van der Waals surface area contributed by atoms with Crippen LogP contribution in [0.4, 0.5) is 5.69 Å². The first-order chi connectivity index (χ1) is 9.86. The van der Waals surface area contributed by atoms with Crippen molar-refractivity contribution >= 4 is 11.7 Å². The van der Waals surface area contributed by atoms with Gasteiger partial charge in [0.15, 0.2) is 11.5 Å². The van der Waals surface area contributed by atoms with E-state index in [4.69, 9.17) is 14.6 Å². The zero-order valence-electron chi connectivity index (χ0n) is 12.3. The molecule has 0 aliphatic carbocycles. The van der Waals surface area contributed by atoms with Crippen molar-refractivity contribution in [2.24, 2.45) is 5.92 Å². The molecule has 7 nitrogen and oxygen atoms in total. The number of benzene rings is 1. The van der Waals surface area contributed by atoms with Crippen molar-refractivity contribution in [1.29, 1.82) is 0 Å². The average molecular weight is 297 g/mol. The molecule has 21 heavy (non-hydrogen) atoms. The first kappa shape index (κ1) is 16.7. The summed E-state index contributed by atoms with van der Waals surface area (Å²) in [6, 6.07) is 2.20. The molecule has 0 bridgehead atoms. The molecule has 0 radical (unpaired) electrons. The number of nitro benzene ring substituents is 1. The van der Waals surface area contributed by atoms with E-state index >= 15 is 0 Å². The van der Waals surface area contributed by atoms with Crippen LogP contribution < -0.4 is 9.47 Å². The van der Waals surface area contributed by atoms with Gasteiger partial charge in [-0.3, -0.25) is 10.1 Å². The molecule has 1 aromatic rings. The summed E-state index contributed by atoms with van der Waals surface area (Å²) in [6.45, 7) is 4.57. The van der Waals surface area contributed by atoms with E-state index in [9.17, 15) is 14.9 Å².